The van der Waals surface area contributed by atoms with Gasteiger partial charge in [0.05, 0.1) is 5.56 Å². The third-order valence-electron chi connectivity index (χ3n) is 5.36. The number of nitrogens with zero attached hydrogens (tertiary/aromatic N) is 1. The molecule has 0 spiro atoms. The molecule has 0 aliphatic carbocycles. The van der Waals surface area contributed by atoms with E-state index < -0.39 is 5.97 Å². The third-order valence-corrected chi connectivity index (χ3v) is 5.36. The number of benzene rings is 2. The number of carboxylic acid groups (broad SMARTS) is 1. The van der Waals surface area contributed by atoms with E-state index in [2.05, 4.69) is 4.98 Å². The van der Waals surface area contributed by atoms with Crippen LogP contribution in [-0.2, 0) is 11.3 Å². The number of carbonyl (C=O) groups excluding carboxylic acids is 1. The Labute approximate surface area is 162 Å². The fraction of sp³-hybridized carbons (Fsp3) is 0.273. The van der Waals surface area contributed by atoms with Crippen LogP contribution in [0.5, 0.6) is 0 Å². The first-order chi connectivity index (χ1) is 13.6. The van der Waals surface area contributed by atoms with E-state index in [4.69, 9.17) is 4.74 Å². The lowest BCUT2D eigenvalue weighted by Gasteiger charge is -2.31. The normalized spacial score (nSPS) is 14.9. The molecule has 0 radical (unpaired) electrons. The predicted octanol–water partition coefficient (Wildman–Crippen LogP) is 4.38. The topological polar surface area (TPSA) is 82.6 Å². The molecule has 6 nitrogen and oxygen atoms in total. The van der Waals surface area contributed by atoms with Crippen molar-refractivity contribution >= 4 is 23.0 Å². The summed E-state index contributed by atoms with van der Waals surface area (Å²) >= 11 is 0. The molecular weight excluding hydrogens is 356 g/mol. The number of nitrogens with one attached hydrogen (secondary N) is 1. The molecule has 144 valence electrons. The summed E-state index contributed by atoms with van der Waals surface area (Å²) in [4.78, 5) is 28.6. The van der Waals surface area contributed by atoms with Crippen molar-refractivity contribution in [2.24, 2.45) is 0 Å². The van der Waals surface area contributed by atoms with Crippen LogP contribution in [0.25, 0.3) is 10.9 Å². The number of hydrogen-bond donors (Lipinski definition) is 2. The first-order valence-electron chi connectivity index (χ1n) is 9.42. The van der Waals surface area contributed by atoms with Gasteiger partial charge in [-0.05, 0) is 48.1 Å². The number of aromatic carboxylic acids is 1. The molecule has 1 saturated heterocycles. The number of rotatable bonds is 4. The van der Waals surface area contributed by atoms with Gasteiger partial charge in [-0.3, -0.25) is 0 Å². The molecule has 0 atom stereocenters. The Morgan fingerprint density at radius 2 is 1.86 bits per heavy atom. The fourth-order valence-electron chi connectivity index (χ4n) is 3.80. The number of likely N-dealkylation sites (tertiary alicyclic amines) is 1. The lowest BCUT2D eigenvalue weighted by Crippen LogP contribution is -2.38. The molecular formula is C22H22N2O4. The molecule has 2 aromatic carbocycles. The predicted molar refractivity (Wildman–Crippen MR) is 105 cm³/mol. The number of carbonyl (C=O) groups is 2. The minimum absolute atomic E-state index is 0.278. The quantitative estimate of drug-likeness (QED) is 0.706. The Balaban J connectivity index is 1.39. The van der Waals surface area contributed by atoms with Gasteiger partial charge in [-0.25, -0.2) is 9.59 Å². The third kappa shape index (κ3) is 3.71. The van der Waals surface area contributed by atoms with Gasteiger partial charge in [0.25, 0.3) is 0 Å². The average molecular weight is 378 g/mol. The summed E-state index contributed by atoms with van der Waals surface area (Å²) in [5.41, 5.74) is 3.31. The molecule has 2 N–H and O–H groups in total. The number of piperidine rings is 1. The van der Waals surface area contributed by atoms with E-state index in [0.717, 1.165) is 34.9 Å². The van der Waals surface area contributed by atoms with Gasteiger partial charge < -0.3 is 19.7 Å². The van der Waals surface area contributed by atoms with E-state index in [9.17, 15) is 14.7 Å². The Hall–Kier alpha value is -3.28. The molecule has 1 fully saturated rings. The number of aromatic amines is 1. The van der Waals surface area contributed by atoms with Crippen LogP contribution in [0.15, 0.2) is 54.7 Å². The van der Waals surface area contributed by atoms with E-state index in [-0.39, 0.29) is 24.2 Å². The van der Waals surface area contributed by atoms with Gasteiger partial charge in [0, 0.05) is 30.2 Å². The average Bonchev–Trinajstić information content (AvgIpc) is 3.16. The molecule has 1 aliphatic rings. The molecule has 4 rings (SSSR count). The molecule has 1 aromatic heterocycles. The summed E-state index contributed by atoms with van der Waals surface area (Å²) in [6, 6.07) is 14.8. The number of ether oxygens (including phenoxy) is 1. The van der Waals surface area contributed by atoms with Crippen LogP contribution < -0.4 is 0 Å². The maximum absolute atomic E-state index is 12.3. The number of aromatic nitrogens is 1. The zero-order valence-electron chi connectivity index (χ0n) is 15.4. The number of amides is 1. The Morgan fingerprint density at radius 3 is 2.57 bits per heavy atom. The van der Waals surface area contributed by atoms with Crippen molar-refractivity contribution in [2.45, 2.75) is 25.4 Å². The highest BCUT2D eigenvalue weighted by atomic mass is 16.6. The lowest BCUT2D eigenvalue weighted by molar-refractivity contribution is 0.0696. The van der Waals surface area contributed by atoms with Crippen LogP contribution in [0.4, 0.5) is 4.79 Å². The van der Waals surface area contributed by atoms with Crippen LogP contribution >= 0.6 is 0 Å². The molecule has 0 unspecified atom stereocenters. The maximum Gasteiger partial charge on any atom is 0.410 e. The number of H-pyrrole nitrogens is 1. The van der Waals surface area contributed by atoms with Crippen molar-refractivity contribution in [1.82, 2.24) is 9.88 Å². The van der Waals surface area contributed by atoms with Crippen molar-refractivity contribution < 1.29 is 19.4 Å². The van der Waals surface area contributed by atoms with Gasteiger partial charge in [-0.2, -0.15) is 0 Å². The number of hydrogen-bond acceptors (Lipinski definition) is 3. The smallest absolute Gasteiger partial charge is 0.410 e. The highest BCUT2D eigenvalue weighted by Crippen LogP contribution is 2.33. The second kappa shape index (κ2) is 7.76. The number of carboxylic acids is 1. The second-order valence-corrected chi connectivity index (χ2v) is 7.11. The van der Waals surface area contributed by atoms with Crippen LogP contribution in [0, 0.1) is 0 Å². The fourth-order valence-corrected chi connectivity index (χ4v) is 3.80. The summed E-state index contributed by atoms with van der Waals surface area (Å²) < 4.78 is 5.42. The summed E-state index contributed by atoms with van der Waals surface area (Å²) in [5.74, 6) is -0.638. The van der Waals surface area contributed by atoms with E-state index in [1.807, 2.05) is 36.5 Å². The maximum atomic E-state index is 12.3. The van der Waals surface area contributed by atoms with Crippen LogP contribution in [0.3, 0.4) is 0 Å². The zero-order chi connectivity index (χ0) is 19.5. The van der Waals surface area contributed by atoms with Crippen molar-refractivity contribution in [3.05, 3.63) is 71.4 Å². The monoisotopic (exact) mass is 378 g/mol. The Bertz CT molecular complexity index is 988. The molecule has 3 aromatic rings. The standard InChI is InChI=1S/C22H22N2O4/c25-21(26)17-6-7-20-18(12-17)19(13-23-20)16-8-10-24(11-9-16)22(27)28-14-15-4-2-1-3-5-15/h1-7,12-13,16,23H,8-11,14H2,(H,25,26). The Kier molecular flexibility index (Phi) is 5.02. The minimum Gasteiger partial charge on any atom is -0.478 e. The van der Waals surface area contributed by atoms with Gasteiger partial charge in [0.2, 0.25) is 0 Å². The first kappa shape index (κ1) is 18.1. The van der Waals surface area contributed by atoms with Crippen molar-refractivity contribution in [1.29, 1.82) is 0 Å². The van der Waals surface area contributed by atoms with Crippen molar-refractivity contribution in [2.75, 3.05) is 13.1 Å². The van der Waals surface area contributed by atoms with E-state index in [1.54, 1.807) is 23.1 Å². The van der Waals surface area contributed by atoms with Gasteiger partial charge in [-0.1, -0.05) is 30.3 Å². The van der Waals surface area contributed by atoms with Gasteiger partial charge >= 0.3 is 12.1 Å². The summed E-state index contributed by atoms with van der Waals surface area (Å²) in [6.45, 7) is 1.53. The SMILES string of the molecule is O=C(O)c1ccc2[nH]cc(C3CCN(C(=O)OCc4ccccc4)CC3)c2c1. The summed E-state index contributed by atoms with van der Waals surface area (Å²) in [6.07, 6.45) is 3.33. The van der Waals surface area contributed by atoms with Crippen LogP contribution in [0.2, 0.25) is 0 Å². The summed E-state index contributed by atoms with van der Waals surface area (Å²) in [5, 5.41) is 10.2. The minimum atomic E-state index is -0.926. The van der Waals surface area contributed by atoms with Gasteiger partial charge in [-0.15, -0.1) is 0 Å². The molecule has 0 saturated carbocycles. The highest BCUT2D eigenvalue weighted by Gasteiger charge is 2.26. The molecule has 2 heterocycles. The highest BCUT2D eigenvalue weighted by molar-refractivity contribution is 5.94. The van der Waals surface area contributed by atoms with Crippen molar-refractivity contribution in [3.63, 3.8) is 0 Å². The molecule has 1 amide bonds. The first-order valence-corrected chi connectivity index (χ1v) is 9.42. The van der Waals surface area contributed by atoms with Gasteiger partial charge in [0.15, 0.2) is 0 Å². The largest absolute Gasteiger partial charge is 0.478 e. The van der Waals surface area contributed by atoms with E-state index in [1.165, 1.54) is 0 Å². The molecule has 28 heavy (non-hydrogen) atoms. The summed E-state index contributed by atoms with van der Waals surface area (Å²) in [7, 11) is 0. The molecule has 1 aliphatic heterocycles. The lowest BCUT2D eigenvalue weighted by atomic mass is 9.89. The van der Waals surface area contributed by atoms with Crippen molar-refractivity contribution in [3.8, 4) is 0 Å². The van der Waals surface area contributed by atoms with Gasteiger partial charge in [0.1, 0.15) is 6.61 Å². The molecule has 6 heteroatoms. The Morgan fingerprint density at radius 1 is 1.11 bits per heavy atom. The zero-order valence-corrected chi connectivity index (χ0v) is 15.4. The van der Waals surface area contributed by atoms with Crippen LogP contribution in [-0.4, -0.2) is 40.1 Å². The second-order valence-electron chi connectivity index (χ2n) is 7.11. The number of fused-ring (bicyclic) bond motifs is 1. The molecule has 0 bridgehead atoms. The van der Waals surface area contributed by atoms with Crippen LogP contribution in [0.1, 0.15) is 40.2 Å². The van der Waals surface area contributed by atoms with E-state index >= 15 is 0 Å². The van der Waals surface area contributed by atoms with E-state index in [0.29, 0.717) is 13.1 Å².